The SMILES string of the molecule is O=C1CC2(CCC3C(C(=O)NC4CCCC4)C32)Oc2ccc(Cl)cc21. The van der Waals surface area contributed by atoms with E-state index in [-0.39, 0.29) is 23.5 Å². The molecular weight excluding hydrogens is 338 g/mol. The number of nitrogens with one attached hydrogen (secondary N) is 1. The van der Waals surface area contributed by atoms with Crippen LogP contribution in [0.3, 0.4) is 0 Å². The summed E-state index contributed by atoms with van der Waals surface area (Å²) in [7, 11) is 0. The number of carbonyl (C=O) groups is 2. The molecule has 3 fully saturated rings. The molecule has 1 aromatic rings. The predicted molar refractivity (Wildman–Crippen MR) is 93.9 cm³/mol. The van der Waals surface area contributed by atoms with Crippen molar-refractivity contribution in [2.75, 3.05) is 0 Å². The molecule has 4 aliphatic rings. The number of rotatable bonds is 2. The summed E-state index contributed by atoms with van der Waals surface area (Å²) in [6, 6.07) is 5.59. The Balaban J connectivity index is 1.36. The molecule has 0 bridgehead atoms. The molecule has 4 unspecified atom stereocenters. The van der Waals surface area contributed by atoms with Gasteiger partial charge in [0.25, 0.3) is 0 Å². The summed E-state index contributed by atoms with van der Waals surface area (Å²) in [6.07, 6.45) is 6.83. The first-order chi connectivity index (χ1) is 12.1. The molecule has 5 rings (SSSR count). The Labute approximate surface area is 152 Å². The third kappa shape index (κ3) is 2.41. The van der Waals surface area contributed by atoms with E-state index >= 15 is 0 Å². The largest absolute Gasteiger partial charge is 0.486 e. The van der Waals surface area contributed by atoms with Crippen molar-refractivity contribution in [1.82, 2.24) is 5.32 Å². The van der Waals surface area contributed by atoms with Crippen molar-refractivity contribution < 1.29 is 14.3 Å². The van der Waals surface area contributed by atoms with Gasteiger partial charge in [-0.25, -0.2) is 0 Å². The maximum absolute atomic E-state index is 12.7. The number of benzene rings is 1. The van der Waals surface area contributed by atoms with E-state index < -0.39 is 5.60 Å². The van der Waals surface area contributed by atoms with Crippen LogP contribution in [0.4, 0.5) is 0 Å². The summed E-state index contributed by atoms with van der Waals surface area (Å²) in [6.45, 7) is 0. The fourth-order valence-electron chi connectivity index (χ4n) is 5.51. The van der Waals surface area contributed by atoms with Gasteiger partial charge < -0.3 is 10.1 Å². The van der Waals surface area contributed by atoms with Crippen LogP contribution >= 0.6 is 11.6 Å². The van der Waals surface area contributed by atoms with Gasteiger partial charge >= 0.3 is 0 Å². The molecule has 132 valence electrons. The van der Waals surface area contributed by atoms with Gasteiger partial charge in [-0.05, 0) is 49.8 Å². The van der Waals surface area contributed by atoms with Crippen LogP contribution in [0.25, 0.3) is 0 Å². The van der Waals surface area contributed by atoms with E-state index in [2.05, 4.69) is 5.32 Å². The molecule has 1 heterocycles. The van der Waals surface area contributed by atoms with Crippen LogP contribution in [0.1, 0.15) is 55.3 Å². The fourth-order valence-corrected chi connectivity index (χ4v) is 5.68. The average Bonchev–Trinajstić information content (AvgIpc) is 2.91. The predicted octanol–water partition coefficient (Wildman–Crippen LogP) is 3.76. The number of ether oxygens (including phenoxy) is 1. The first-order valence-corrected chi connectivity index (χ1v) is 9.77. The van der Waals surface area contributed by atoms with Gasteiger partial charge in [0.1, 0.15) is 11.4 Å². The highest BCUT2D eigenvalue weighted by molar-refractivity contribution is 6.31. The number of hydrogen-bond donors (Lipinski definition) is 1. The molecule has 1 aliphatic heterocycles. The highest BCUT2D eigenvalue weighted by Crippen LogP contribution is 2.65. The van der Waals surface area contributed by atoms with Gasteiger partial charge in [0.05, 0.1) is 12.0 Å². The van der Waals surface area contributed by atoms with Crippen LogP contribution < -0.4 is 10.1 Å². The van der Waals surface area contributed by atoms with Gasteiger partial charge in [0.15, 0.2) is 5.78 Å². The lowest BCUT2D eigenvalue weighted by atomic mass is 9.84. The van der Waals surface area contributed by atoms with Crippen LogP contribution in [-0.2, 0) is 4.79 Å². The molecule has 1 N–H and O–H groups in total. The quantitative estimate of drug-likeness (QED) is 0.874. The zero-order valence-electron chi connectivity index (χ0n) is 14.1. The Hall–Kier alpha value is -1.55. The number of ketones is 1. The molecule has 3 aliphatic carbocycles. The maximum atomic E-state index is 12.7. The van der Waals surface area contributed by atoms with E-state index in [1.807, 2.05) is 0 Å². The molecule has 1 spiro atoms. The summed E-state index contributed by atoms with van der Waals surface area (Å²) in [5.41, 5.74) is 0.0921. The molecule has 25 heavy (non-hydrogen) atoms. The third-order valence-corrected chi connectivity index (χ3v) is 6.93. The van der Waals surface area contributed by atoms with Crippen molar-refractivity contribution in [2.45, 2.75) is 56.6 Å². The lowest BCUT2D eigenvalue weighted by Crippen LogP contribution is -2.45. The lowest BCUT2D eigenvalue weighted by Gasteiger charge is -2.37. The molecule has 4 nitrogen and oxygen atoms in total. The molecule has 0 saturated heterocycles. The summed E-state index contributed by atoms with van der Waals surface area (Å²) in [5.74, 6) is 1.48. The Morgan fingerprint density at radius 1 is 1.24 bits per heavy atom. The molecule has 5 heteroatoms. The summed E-state index contributed by atoms with van der Waals surface area (Å²) >= 11 is 6.02. The van der Waals surface area contributed by atoms with Crippen LogP contribution in [0.5, 0.6) is 5.75 Å². The normalized spacial score (nSPS) is 36.0. The number of carbonyl (C=O) groups excluding carboxylic acids is 2. The molecule has 0 radical (unpaired) electrons. The summed E-state index contributed by atoms with van der Waals surface area (Å²) < 4.78 is 6.35. The van der Waals surface area contributed by atoms with Gasteiger partial charge in [0, 0.05) is 22.9 Å². The topological polar surface area (TPSA) is 55.4 Å². The van der Waals surface area contributed by atoms with E-state index in [4.69, 9.17) is 16.3 Å². The van der Waals surface area contributed by atoms with Gasteiger partial charge in [-0.15, -0.1) is 0 Å². The van der Waals surface area contributed by atoms with E-state index in [0.717, 1.165) is 25.7 Å². The van der Waals surface area contributed by atoms with Crippen molar-refractivity contribution >= 4 is 23.3 Å². The number of fused-ring (bicyclic) bond motifs is 3. The van der Waals surface area contributed by atoms with Crippen molar-refractivity contribution in [1.29, 1.82) is 0 Å². The number of Topliss-reactive ketones (excluding diaryl/α,β-unsaturated/α-hetero) is 1. The number of amides is 1. The number of halogens is 1. The highest BCUT2D eigenvalue weighted by Gasteiger charge is 2.70. The second kappa shape index (κ2) is 5.47. The smallest absolute Gasteiger partial charge is 0.224 e. The average molecular weight is 360 g/mol. The Morgan fingerprint density at radius 2 is 2.04 bits per heavy atom. The zero-order chi connectivity index (χ0) is 17.2. The van der Waals surface area contributed by atoms with E-state index in [9.17, 15) is 9.59 Å². The first-order valence-electron chi connectivity index (χ1n) is 9.39. The van der Waals surface area contributed by atoms with Gasteiger partial charge in [0.2, 0.25) is 5.91 Å². The monoisotopic (exact) mass is 359 g/mol. The van der Waals surface area contributed by atoms with E-state index in [0.29, 0.717) is 34.7 Å². The summed E-state index contributed by atoms with van der Waals surface area (Å²) in [4.78, 5) is 25.4. The van der Waals surface area contributed by atoms with Crippen molar-refractivity contribution in [3.8, 4) is 5.75 Å². The zero-order valence-corrected chi connectivity index (χ0v) is 14.8. The minimum atomic E-state index is -0.486. The number of hydrogen-bond acceptors (Lipinski definition) is 3. The van der Waals surface area contributed by atoms with E-state index in [1.165, 1.54) is 12.8 Å². The van der Waals surface area contributed by atoms with Crippen LogP contribution in [0.15, 0.2) is 18.2 Å². The minimum absolute atomic E-state index is 0.0241. The van der Waals surface area contributed by atoms with Crippen molar-refractivity contribution in [2.24, 2.45) is 17.8 Å². The second-order valence-electron chi connectivity index (χ2n) is 8.15. The van der Waals surface area contributed by atoms with Crippen molar-refractivity contribution in [3.05, 3.63) is 28.8 Å². The van der Waals surface area contributed by atoms with Gasteiger partial charge in [-0.1, -0.05) is 24.4 Å². The van der Waals surface area contributed by atoms with E-state index in [1.54, 1.807) is 18.2 Å². The lowest BCUT2D eigenvalue weighted by molar-refractivity contribution is -0.124. The van der Waals surface area contributed by atoms with Crippen LogP contribution in [-0.4, -0.2) is 23.3 Å². The van der Waals surface area contributed by atoms with Crippen LogP contribution in [0, 0.1) is 17.8 Å². The molecule has 4 atom stereocenters. The molecule has 1 amide bonds. The Bertz CT molecular complexity index is 757. The standard InChI is InChI=1S/C20H22ClNO3/c21-11-5-6-16-14(9-11)15(23)10-20(25-16)8-7-13-17(18(13)20)19(24)22-12-3-1-2-4-12/h5-6,9,12-13,17-18H,1-4,7-8,10H2,(H,22,24). The van der Waals surface area contributed by atoms with Gasteiger partial charge in [-0.2, -0.15) is 0 Å². The molecular formula is C20H22ClNO3. The maximum Gasteiger partial charge on any atom is 0.224 e. The molecule has 1 aromatic carbocycles. The second-order valence-corrected chi connectivity index (χ2v) is 8.59. The molecule has 0 aromatic heterocycles. The minimum Gasteiger partial charge on any atom is -0.486 e. The highest BCUT2D eigenvalue weighted by atomic mass is 35.5. The molecule has 3 saturated carbocycles. The fraction of sp³-hybridized carbons (Fsp3) is 0.600. The Morgan fingerprint density at radius 3 is 2.84 bits per heavy atom. The van der Waals surface area contributed by atoms with Crippen LogP contribution in [0.2, 0.25) is 5.02 Å². The van der Waals surface area contributed by atoms with Crippen molar-refractivity contribution in [3.63, 3.8) is 0 Å². The Kier molecular flexibility index (Phi) is 3.43. The third-order valence-electron chi connectivity index (χ3n) is 6.70. The van der Waals surface area contributed by atoms with Gasteiger partial charge in [-0.3, -0.25) is 9.59 Å². The summed E-state index contributed by atoms with van der Waals surface area (Å²) in [5, 5.41) is 3.78. The first kappa shape index (κ1) is 15.7.